The summed E-state index contributed by atoms with van der Waals surface area (Å²) in [4.78, 5) is 29.3. The Balaban J connectivity index is 1.01. The van der Waals surface area contributed by atoms with Crippen LogP contribution in [0.5, 0.6) is 17.2 Å². The molecule has 11 nitrogen and oxygen atoms in total. The van der Waals surface area contributed by atoms with Gasteiger partial charge in [-0.15, -0.1) is 0 Å². The first-order valence-corrected chi connectivity index (χ1v) is 24.0. The van der Waals surface area contributed by atoms with E-state index in [0.717, 1.165) is 69.4 Å². The van der Waals surface area contributed by atoms with Crippen LogP contribution in [0, 0.1) is 6.92 Å². The van der Waals surface area contributed by atoms with E-state index in [1.807, 2.05) is 37.3 Å². The van der Waals surface area contributed by atoms with Crippen LogP contribution in [-0.4, -0.2) is 57.0 Å². The SMILES string of the molecule is COc1cccc(Nc2c(C(N)=O)cnc3c(C)cc(Cc4cccc(-c5ccc(CCCNC[C@H](O[Si](C)(C)C(C)(C)C)c6ccc(O)c7c6OCC(=O)N7)cc5)c4)cc23)c1. The maximum Gasteiger partial charge on any atom is 0.262 e. The summed E-state index contributed by atoms with van der Waals surface area (Å²) in [6.45, 7) is 14.3. The van der Waals surface area contributed by atoms with Crippen LogP contribution in [0.3, 0.4) is 0 Å². The predicted octanol–water partition coefficient (Wildman–Crippen LogP) is 9.97. The quantitative estimate of drug-likeness (QED) is 0.0363. The summed E-state index contributed by atoms with van der Waals surface area (Å²) < 4.78 is 18.2. The number of nitrogens with one attached hydrogen (secondary N) is 3. The van der Waals surface area contributed by atoms with Crippen molar-refractivity contribution in [2.75, 3.05) is 37.4 Å². The van der Waals surface area contributed by atoms with E-state index in [-0.39, 0.29) is 29.4 Å². The van der Waals surface area contributed by atoms with E-state index in [9.17, 15) is 14.7 Å². The summed E-state index contributed by atoms with van der Waals surface area (Å²) in [5.41, 5.74) is 16.3. The Morgan fingerprint density at radius 1 is 0.968 bits per heavy atom. The first kappa shape index (κ1) is 43.9. The standard InChI is InChI=1S/C50H57N5O6Si/c1-31-23-34(26-40-45(31)53-28-41(49(51)58)46(40)54-37-14-9-15-38(27-37)59-5)24-33-11-8-13-36(25-33)35-18-16-32(17-19-35)12-10-22-52-29-43(61-62(6,7)50(2,3)4)39-20-21-42(56)47-48(39)60-30-44(57)55-47/h8-9,11,13-21,23,25-28,43,52,56H,10,12,22,24,29-30H2,1-7H3,(H2,51,58)(H,53,54)(H,55,57)/t43-/m0/s1. The smallest absolute Gasteiger partial charge is 0.262 e. The lowest BCUT2D eigenvalue weighted by atomic mass is 9.95. The highest BCUT2D eigenvalue weighted by atomic mass is 28.4. The van der Waals surface area contributed by atoms with Crippen molar-refractivity contribution in [3.63, 3.8) is 0 Å². The molecule has 2 amide bonds. The molecule has 1 aromatic heterocycles. The highest BCUT2D eigenvalue weighted by molar-refractivity contribution is 6.74. The molecule has 0 bridgehead atoms. The van der Waals surface area contributed by atoms with Gasteiger partial charge in [-0.3, -0.25) is 14.6 Å². The molecule has 0 unspecified atom stereocenters. The summed E-state index contributed by atoms with van der Waals surface area (Å²) in [6.07, 6.45) is 3.74. The van der Waals surface area contributed by atoms with E-state index in [4.69, 9.17) is 19.6 Å². The Labute approximate surface area is 365 Å². The molecule has 5 aromatic carbocycles. The van der Waals surface area contributed by atoms with E-state index in [1.54, 1.807) is 19.4 Å². The van der Waals surface area contributed by atoms with Crippen molar-refractivity contribution in [1.29, 1.82) is 0 Å². The van der Waals surface area contributed by atoms with Crippen LogP contribution in [0.1, 0.15) is 71.5 Å². The van der Waals surface area contributed by atoms with E-state index < -0.39 is 14.2 Å². The van der Waals surface area contributed by atoms with Gasteiger partial charge >= 0.3 is 0 Å². The Bertz CT molecular complexity index is 2610. The monoisotopic (exact) mass is 851 g/mol. The van der Waals surface area contributed by atoms with Gasteiger partial charge in [0.05, 0.1) is 30.0 Å². The molecule has 0 saturated heterocycles. The van der Waals surface area contributed by atoms with Crippen molar-refractivity contribution in [2.24, 2.45) is 5.73 Å². The first-order chi connectivity index (χ1) is 29.6. The zero-order valence-electron chi connectivity index (χ0n) is 36.6. The molecule has 62 heavy (non-hydrogen) atoms. The molecule has 0 saturated carbocycles. The average molecular weight is 852 g/mol. The van der Waals surface area contributed by atoms with Crippen LogP contribution in [0.2, 0.25) is 18.1 Å². The molecule has 12 heteroatoms. The number of pyridine rings is 1. The van der Waals surface area contributed by atoms with Crippen LogP contribution in [0.15, 0.2) is 103 Å². The largest absolute Gasteiger partial charge is 0.506 e. The minimum Gasteiger partial charge on any atom is -0.506 e. The molecule has 0 spiro atoms. The Morgan fingerprint density at radius 2 is 1.74 bits per heavy atom. The van der Waals surface area contributed by atoms with Crippen molar-refractivity contribution in [2.45, 2.75) is 71.2 Å². The molecule has 0 radical (unpaired) electrons. The number of phenolic OH excluding ortho intramolecular Hbond substituents is 1. The normalized spacial score (nSPS) is 13.2. The fourth-order valence-electron chi connectivity index (χ4n) is 7.61. The zero-order chi connectivity index (χ0) is 44.2. The lowest BCUT2D eigenvalue weighted by Crippen LogP contribution is -2.43. The molecule has 1 atom stereocenters. The maximum absolute atomic E-state index is 12.6. The molecular formula is C50H57N5O6Si. The molecule has 1 aliphatic rings. The molecule has 2 heterocycles. The lowest BCUT2D eigenvalue weighted by molar-refractivity contribution is -0.118. The third kappa shape index (κ3) is 9.94. The summed E-state index contributed by atoms with van der Waals surface area (Å²) in [7, 11) is -0.584. The van der Waals surface area contributed by atoms with Gasteiger partial charge in [0.1, 0.15) is 17.2 Å². The van der Waals surface area contributed by atoms with E-state index in [1.165, 1.54) is 5.56 Å². The second-order valence-electron chi connectivity index (χ2n) is 17.5. The second-order valence-corrected chi connectivity index (χ2v) is 22.3. The summed E-state index contributed by atoms with van der Waals surface area (Å²) >= 11 is 0. The average Bonchev–Trinajstić information content (AvgIpc) is 3.23. The Kier molecular flexibility index (Phi) is 13.0. The number of primary amides is 1. The number of carbonyl (C=O) groups is 2. The second kappa shape index (κ2) is 18.4. The van der Waals surface area contributed by atoms with Crippen molar-refractivity contribution in [3.8, 4) is 28.4 Å². The molecule has 1 aliphatic heterocycles. The van der Waals surface area contributed by atoms with Gasteiger partial charge in [0.25, 0.3) is 11.8 Å². The fourth-order valence-corrected chi connectivity index (χ4v) is 8.89. The minimum atomic E-state index is -2.20. The number of benzene rings is 5. The van der Waals surface area contributed by atoms with E-state index >= 15 is 0 Å². The Hall–Kier alpha value is -6.21. The van der Waals surface area contributed by atoms with Crippen LogP contribution >= 0.6 is 0 Å². The van der Waals surface area contributed by atoms with Gasteiger partial charge in [0.15, 0.2) is 20.7 Å². The number of hydrogen-bond acceptors (Lipinski definition) is 9. The van der Waals surface area contributed by atoms with Gasteiger partial charge < -0.3 is 40.7 Å². The number of rotatable bonds is 16. The molecule has 0 fully saturated rings. The van der Waals surface area contributed by atoms with Crippen molar-refractivity contribution < 1.29 is 28.6 Å². The number of amides is 2. The first-order valence-electron chi connectivity index (χ1n) is 21.1. The number of aromatic nitrogens is 1. The van der Waals surface area contributed by atoms with Crippen molar-refractivity contribution in [3.05, 3.63) is 137 Å². The zero-order valence-corrected chi connectivity index (χ0v) is 37.6. The minimum absolute atomic E-state index is 0.0145. The van der Waals surface area contributed by atoms with Crippen molar-refractivity contribution >= 4 is 48.1 Å². The number of aromatic hydroxyl groups is 1. The number of nitrogens with two attached hydrogens (primary N) is 1. The van der Waals surface area contributed by atoms with Gasteiger partial charge in [-0.1, -0.05) is 81.4 Å². The van der Waals surface area contributed by atoms with Crippen molar-refractivity contribution in [1.82, 2.24) is 10.3 Å². The topological polar surface area (TPSA) is 157 Å². The number of methoxy groups -OCH3 is 1. The van der Waals surface area contributed by atoms with Gasteiger partial charge in [0.2, 0.25) is 0 Å². The number of carbonyl (C=O) groups excluding carboxylic acids is 2. The van der Waals surface area contributed by atoms with Gasteiger partial charge in [-0.05, 0) is 115 Å². The number of fused-ring (bicyclic) bond motifs is 2. The van der Waals surface area contributed by atoms with Gasteiger partial charge in [-0.2, -0.15) is 0 Å². The summed E-state index contributed by atoms with van der Waals surface area (Å²) in [5.74, 6) is 0.283. The molecule has 6 aromatic rings. The Morgan fingerprint density at radius 3 is 2.48 bits per heavy atom. The number of anilines is 3. The fraction of sp³-hybridized carbons (Fsp3) is 0.300. The van der Waals surface area contributed by atoms with Crippen LogP contribution in [0.25, 0.3) is 22.0 Å². The molecule has 0 aliphatic carbocycles. The number of hydrogen-bond donors (Lipinski definition) is 5. The maximum atomic E-state index is 12.6. The van der Waals surface area contributed by atoms with Gasteiger partial charge in [-0.25, -0.2) is 0 Å². The number of ether oxygens (including phenoxy) is 2. The highest BCUT2D eigenvalue weighted by Crippen LogP contribution is 2.45. The summed E-state index contributed by atoms with van der Waals surface area (Å²) in [6, 6.07) is 32.6. The third-order valence-electron chi connectivity index (χ3n) is 12.0. The third-order valence-corrected chi connectivity index (χ3v) is 16.5. The molecule has 7 rings (SSSR count). The highest BCUT2D eigenvalue weighted by Gasteiger charge is 2.40. The van der Waals surface area contributed by atoms with Crippen LogP contribution in [0.4, 0.5) is 17.1 Å². The van der Waals surface area contributed by atoms with E-state index in [2.05, 4.69) is 115 Å². The molecule has 322 valence electrons. The molecular weight excluding hydrogens is 795 g/mol. The van der Waals surface area contributed by atoms with Crippen LogP contribution in [-0.2, 0) is 22.1 Å². The number of nitrogens with zero attached hydrogens (tertiary/aromatic N) is 1. The number of aryl methyl sites for hydroxylation is 2. The molecule has 6 N–H and O–H groups in total. The summed E-state index contributed by atoms with van der Waals surface area (Å²) in [5, 5.41) is 21.1. The predicted molar refractivity (Wildman–Crippen MR) is 250 cm³/mol. The number of phenols is 1. The lowest BCUT2D eigenvalue weighted by Gasteiger charge is -2.40. The van der Waals surface area contributed by atoms with Gasteiger partial charge in [0, 0.05) is 35.4 Å². The van der Waals surface area contributed by atoms with E-state index in [0.29, 0.717) is 41.4 Å². The van der Waals surface area contributed by atoms with Crippen LogP contribution < -0.4 is 31.2 Å².